The van der Waals surface area contributed by atoms with Crippen molar-refractivity contribution in [1.82, 2.24) is 6.15 Å². The molecule has 0 atom stereocenters. The summed E-state index contributed by atoms with van der Waals surface area (Å²) in [4.78, 5) is 27.6. The molecule has 0 aromatic heterocycles. The van der Waals surface area contributed by atoms with Crippen molar-refractivity contribution < 1.29 is 29.7 Å². The number of rotatable bonds is 1. The fraction of sp³-hybridized carbons (Fsp3) is 0.400. The second kappa shape index (κ2) is 9.37. The molecule has 0 heterocycles. The van der Waals surface area contributed by atoms with E-state index in [0.29, 0.717) is 0 Å². The van der Waals surface area contributed by atoms with Gasteiger partial charge in [0.25, 0.3) is 0 Å². The van der Waals surface area contributed by atoms with E-state index < -0.39 is 17.9 Å². The van der Waals surface area contributed by atoms with Gasteiger partial charge in [-0.2, -0.15) is 0 Å². The van der Waals surface area contributed by atoms with Gasteiger partial charge in [0.15, 0.2) is 0 Å². The van der Waals surface area contributed by atoms with Crippen LogP contribution in [0.25, 0.3) is 0 Å². The van der Waals surface area contributed by atoms with Gasteiger partial charge < -0.3 is 21.5 Å². The van der Waals surface area contributed by atoms with Crippen molar-refractivity contribution in [3.63, 3.8) is 0 Å². The van der Waals surface area contributed by atoms with Gasteiger partial charge in [-0.05, 0) is 0 Å². The summed E-state index contributed by atoms with van der Waals surface area (Å²) in [6.07, 6.45) is 0.222. The topological polar surface area (TPSA) is 147 Å². The van der Waals surface area contributed by atoms with Crippen molar-refractivity contribution in [2.24, 2.45) is 0 Å². The van der Waals surface area contributed by atoms with Crippen molar-refractivity contribution >= 4 is 17.9 Å². The first-order valence-electron chi connectivity index (χ1n) is 2.59. The summed E-state index contributed by atoms with van der Waals surface area (Å²) in [5.41, 5.74) is 0. The normalized spacial score (nSPS) is 6.75. The van der Waals surface area contributed by atoms with E-state index in [2.05, 4.69) is 0 Å². The summed E-state index contributed by atoms with van der Waals surface area (Å²) in [6, 6.07) is 0. The first-order valence-corrected chi connectivity index (χ1v) is 2.59. The van der Waals surface area contributed by atoms with Crippen LogP contribution in [0.5, 0.6) is 0 Å². The van der Waals surface area contributed by atoms with E-state index in [0.717, 1.165) is 0 Å². The predicted molar refractivity (Wildman–Crippen MR) is 38.2 cm³/mol. The number of hydrogen-bond donors (Lipinski definition) is 4. The van der Waals surface area contributed by atoms with Gasteiger partial charge in [0.05, 0.1) is 0 Å². The van der Waals surface area contributed by atoms with Gasteiger partial charge in [-0.25, -0.2) is 9.59 Å². The summed E-state index contributed by atoms with van der Waals surface area (Å²) in [6.45, 7) is 1.60. The van der Waals surface area contributed by atoms with E-state index in [1.54, 1.807) is 6.92 Å². The van der Waals surface area contributed by atoms with Gasteiger partial charge in [0.2, 0.25) is 0 Å². The van der Waals surface area contributed by atoms with E-state index in [9.17, 15) is 4.79 Å². The number of aliphatic carboxylic acids is 3. The molecule has 7 heteroatoms. The summed E-state index contributed by atoms with van der Waals surface area (Å²) in [5.74, 6) is -4.39. The Hall–Kier alpha value is -1.63. The Bertz CT molecular complexity index is 153. The van der Waals surface area contributed by atoms with E-state index >= 15 is 0 Å². The van der Waals surface area contributed by atoms with Gasteiger partial charge in [-0.15, -0.1) is 0 Å². The molecule has 0 aromatic rings. The molecule has 6 N–H and O–H groups in total. The van der Waals surface area contributed by atoms with E-state index in [1.165, 1.54) is 0 Å². The zero-order valence-corrected chi connectivity index (χ0v) is 6.48. The molecule has 0 aromatic carbocycles. The van der Waals surface area contributed by atoms with Gasteiger partial charge in [-0.3, -0.25) is 4.79 Å². The second-order valence-corrected chi connectivity index (χ2v) is 1.36. The number of hydrogen-bond acceptors (Lipinski definition) is 4. The van der Waals surface area contributed by atoms with Crippen molar-refractivity contribution in [3.05, 3.63) is 0 Å². The second-order valence-electron chi connectivity index (χ2n) is 1.36. The highest BCUT2D eigenvalue weighted by Crippen LogP contribution is 1.67. The van der Waals surface area contributed by atoms with Crippen molar-refractivity contribution in [2.75, 3.05) is 0 Å². The average Bonchev–Trinajstić information content (AvgIpc) is 1.89. The molecule has 0 amide bonds. The Morgan fingerprint density at radius 1 is 1.00 bits per heavy atom. The molecule has 0 radical (unpaired) electrons. The van der Waals surface area contributed by atoms with Gasteiger partial charge in [0.1, 0.15) is 0 Å². The minimum Gasteiger partial charge on any atom is -0.481 e. The van der Waals surface area contributed by atoms with Crippen LogP contribution in [0.3, 0.4) is 0 Å². The fourth-order valence-corrected chi connectivity index (χ4v) is 0. The largest absolute Gasteiger partial charge is 0.481 e. The van der Waals surface area contributed by atoms with Gasteiger partial charge >= 0.3 is 17.9 Å². The molecule has 0 aliphatic carbocycles. The van der Waals surface area contributed by atoms with Crippen molar-refractivity contribution in [3.8, 4) is 0 Å². The molecule has 0 bridgehead atoms. The maximum absolute atomic E-state index is 9.37. The van der Waals surface area contributed by atoms with Crippen molar-refractivity contribution in [2.45, 2.75) is 13.3 Å². The first-order chi connectivity index (χ1) is 4.91. The average molecular weight is 181 g/mol. The molecule has 0 rings (SSSR count). The monoisotopic (exact) mass is 181 g/mol. The first kappa shape index (κ1) is 16.8. The van der Waals surface area contributed by atoms with Crippen molar-refractivity contribution in [1.29, 1.82) is 0 Å². The maximum atomic E-state index is 9.37. The van der Waals surface area contributed by atoms with Crippen LogP contribution in [-0.2, 0) is 14.4 Å². The Balaban J connectivity index is -0.000000126. The summed E-state index contributed by atoms with van der Waals surface area (Å²) >= 11 is 0. The van der Waals surface area contributed by atoms with Crippen LogP contribution in [0.15, 0.2) is 0 Å². The molecular formula is C5H11NO6. The minimum absolute atomic E-state index is 0. The lowest BCUT2D eigenvalue weighted by atomic mass is 10.5. The highest BCUT2D eigenvalue weighted by Gasteiger charge is 2.04. The van der Waals surface area contributed by atoms with Crippen LogP contribution in [0.1, 0.15) is 13.3 Å². The van der Waals surface area contributed by atoms with Crippen LogP contribution >= 0.6 is 0 Å². The summed E-state index contributed by atoms with van der Waals surface area (Å²) in [5, 5.41) is 22.5. The lowest BCUT2D eigenvalue weighted by Gasteiger charge is -1.72. The summed E-state index contributed by atoms with van der Waals surface area (Å²) < 4.78 is 0. The van der Waals surface area contributed by atoms with Gasteiger partial charge in [0, 0.05) is 6.42 Å². The Kier molecular flexibility index (Phi) is 13.1. The molecule has 0 unspecified atom stereocenters. The quantitative estimate of drug-likeness (QED) is 0.409. The van der Waals surface area contributed by atoms with Crippen LogP contribution < -0.4 is 6.15 Å². The van der Waals surface area contributed by atoms with E-state index in [-0.39, 0.29) is 12.6 Å². The Morgan fingerprint density at radius 2 is 1.17 bits per heavy atom. The SMILES string of the molecule is CCC(=O)O.N.O=C(O)C(=O)O. The Morgan fingerprint density at radius 3 is 1.17 bits per heavy atom. The molecule has 0 aliphatic heterocycles. The van der Waals surface area contributed by atoms with E-state index in [4.69, 9.17) is 24.9 Å². The third kappa shape index (κ3) is 23.8. The fourth-order valence-electron chi connectivity index (χ4n) is 0. The molecule has 7 nitrogen and oxygen atoms in total. The zero-order valence-electron chi connectivity index (χ0n) is 6.48. The summed E-state index contributed by atoms with van der Waals surface area (Å²) in [7, 11) is 0. The molecule has 12 heavy (non-hydrogen) atoms. The van der Waals surface area contributed by atoms with Crippen LogP contribution in [0, 0.1) is 0 Å². The van der Waals surface area contributed by atoms with Gasteiger partial charge in [-0.1, -0.05) is 6.92 Å². The third-order valence-corrected chi connectivity index (χ3v) is 0.485. The zero-order chi connectivity index (χ0) is 9.44. The predicted octanol–water partition coefficient (Wildman–Crippen LogP) is -0.201. The van der Waals surface area contributed by atoms with Crippen LogP contribution in [-0.4, -0.2) is 33.2 Å². The molecule has 0 fully saturated rings. The number of carbonyl (C=O) groups is 3. The number of carboxylic acids is 3. The molecule has 0 saturated heterocycles. The lowest BCUT2D eigenvalue weighted by Crippen LogP contribution is -2.09. The van der Waals surface area contributed by atoms with E-state index in [1.807, 2.05) is 0 Å². The third-order valence-electron chi connectivity index (χ3n) is 0.485. The number of carboxylic acid groups (broad SMARTS) is 3. The highest BCUT2D eigenvalue weighted by atomic mass is 16.4. The smallest absolute Gasteiger partial charge is 0.414 e. The molecular weight excluding hydrogens is 170 g/mol. The minimum atomic E-state index is -1.82. The molecule has 0 spiro atoms. The molecule has 0 aliphatic rings. The Labute approximate surface area is 68.2 Å². The maximum Gasteiger partial charge on any atom is 0.414 e. The standard InChI is InChI=1S/C3H6O2.C2H2O4.H3N/c1-2-3(4)5;3-1(4)2(5)6;/h2H2,1H3,(H,4,5);(H,3,4)(H,5,6);1H3. The highest BCUT2D eigenvalue weighted by molar-refractivity contribution is 6.27. The molecule has 72 valence electrons. The van der Waals surface area contributed by atoms with Crippen LogP contribution in [0.2, 0.25) is 0 Å². The lowest BCUT2D eigenvalue weighted by molar-refractivity contribution is -0.159. The molecule has 0 saturated carbocycles. The van der Waals surface area contributed by atoms with Crippen LogP contribution in [0.4, 0.5) is 0 Å².